The Labute approximate surface area is 336 Å². The van der Waals surface area contributed by atoms with Crippen molar-refractivity contribution in [3.63, 3.8) is 0 Å². The minimum atomic E-state index is -4.27. The molecule has 1 aliphatic heterocycles. The number of thiophene rings is 1. The van der Waals surface area contributed by atoms with Gasteiger partial charge in [-0.3, -0.25) is 9.78 Å². The van der Waals surface area contributed by atoms with Crippen molar-refractivity contribution in [2.75, 3.05) is 0 Å². The molecule has 6 rings (SSSR count). The van der Waals surface area contributed by atoms with Crippen LogP contribution in [0.15, 0.2) is 66.6 Å². The van der Waals surface area contributed by atoms with Crippen molar-refractivity contribution in [2.24, 2.45) is 17.3 Å². The average molecular weight is 937 g/mol. The smallest absolute Gasteiger partial charge is 0.394 e. The van der Waals surface area contributed by atoms with Crippen LogP contribution in [-0.2, 0) is 36.7 Å². The molecule has 5 aromatic rings. The number of hydrogen-bond acceptors (Lipinski definition) is 5. The minimum Gasteiger partial charge on any atom is -0.521 e. The Morgan fingerprint density at radius 1 is 0.926 bits per heavy atom. The number of benzene rings is 3. The van der Waals surface area contributed by atoms with E-state index in [-0.39, 0.29) is 55.3 Å². The third-order valence-electron chi connectivity index (χ3n) is 11.6. The molecule has 0 spiro atoms. The standard InChI is InChI=1S/C32H29F3NOS.C13H24O2.Ir/c1-29(2,32(33,34)35)17-18-11-12-21-22-13-14-36-26(28(22)38-24(21)15-18)23-16-19-9-7-8-10-20(19)25-27(23)37-31(5,6)30(25,3)4;1-5-10(6-2)12(14)9-13(15)11(7-3)8-4;/h7-15H,17H2,1-6H3;9-11,14H,5-8H2,1-4H3;/q-1;;/b;12-9-;. The van der Waals surface area contributed by atoms with E-state index in [1.807, 2.05) is 64.1 Å². The Kier molecular flexibility index (Phi) is 13.2. The Morgan fingerprint density at radius 2 is 1.56 bits per heavy atom. The maximum atomic E-state index is 13.5. The number of ether oxygens (including phenoxy) is 1. The Morgan fingerprint density at radius 3 is 2.17 bits per heavy atom. The van der Waals surface area contributed by atoms with Gasteiger partial charge in [-0.2, -0.15) is 13.2 Å². The summed E-state index contributed by atoms with van der Waals surface area (Å²) >= 11 is 1.56. The van der Waals surface area contributed by atoms with Gasteiger partial charge in [-0.05, 0) is 74.4 Å². The van der Waals surface area contributed by atoms with Crippen LogP contribution in [0.4, 0.5) is 13.2 Å². The van der Waals surface area contributed by atoms with Gasteiger partial charge >= 0.3 is 6.18 Å². The molecule has 54 heavy (non-hydrogen) atoms. The van der Waals surface area contributed by atoms with Crippen molar-refractivity contribution in [1.29, 1.82) is 0 Å². The number of aliphatic hydroxyl groups excluding tert-OH is 1. The number of carbonyl (C=O) groups excluding carboxylic acids is 1. The molecule has 0 amide bonds. The molecule has 0 saturated heterocycles. The number of nitrogens with zero attached hydrogens (tertiary/aromatic N) is 1. The molecule has 9 heteroatoms. The summed E-state index contributed by atoms with van der Waals surface area (Å²) in [6, 6.07) is 19.5. The molecule has 0 saturated carbocycles. The monoisotopic (exact) mass is 937 g/mol. The van der Waals surface area contributed by atoms with Crippen molar-refractivity contribution >= 4 is 48.1 Å². The van der Waals surface area contributed by atoms with Crippen LogP contribution in [0, 0.1) is 23.3 Å². The van der Waals surface area contributed by atoms with Gasteiger partial charge in [-0.15, -0.1) is 28.9 Å². The summed E-state index contributed by atoms with van der Waals surface area (Å²) < 4.78 is 49.2. The summed E-state index contributed by atoms with van der Waals surface area (Å²) in [6.45, 7) is 19.2. The zero-order valence-corrected chi connectivity index (χ0v) is 36.3. The van der Waals surface area contributed by atoms with Gasteiger partial charge in [0.15, 0.2) is 5.78 Å². The molecule has 1 aliphatic rings. The third-order valence-corrected chi connectivity index (χ3v) is 12.8. The second kappa shape index (κ2) is 16.5. The van der Waals surface area contributed by atoms with Crippen LogP contribution in [0.3, 0.4) is 0 Å². The van der Waals surface area contributed by atoms with Gasteiger partial charge in [0.2, 0.25) is 0 Å². The minimum absolute atomic E-state index is 0. The first kappa shape index (κ1) is 43.5. The summed E-state index contributed by atoms with van der Waals surface area (Å²) in [6.07, 6.45) is 2.36. The number of carbonyl (C=O) groups is 1. The fraction of sp³-hybridized carbons (Fsp3) is 0.467. The number of pyridine rings is 1. The number of allylic oxidation sites excluding steroid dienone is 2. The van der Waals surface area contributed by atoms with E-state index in [0.29, 0.717) is 5.56 Å². The number of hydrogen-bond donors (Lipinski definition) is 1. The average Bonchev–Trinajstić information content (AvgIpc) is 3.55. The number of aliphatic hydroxyl groups is 1. The Hall–Kier alpha value is -3.26. The topological polar surface area (TPSA) is 59.4 Å². The summed E-state index contributed by atoms with van der Waals surface area (Å²) in [4.78, 5) is 16.5. The van der Waals surface area contributed by atoms with Crippen LogP contribution in [0.2, 0.25) is 0 Å². The predicted molar refractivity (Wildman–Crippen MR) is 214 cm³/mol. The molecule has 0 bridgehead atoms. The molecular formula is C45H53F3IrNO3S-. The molecule has 3 aromatic carbocycles. The van der Waals surface area contributed by atoms with Crippen LogP contribution in [0.25, 0.3) is 42.2 Å². The molecular weight excluding hydrogens is 884 g/mol. The van der Waals surface area contributed by atoms with E-state index in [1.54, 1.807) is 17.5 Å². The molecule has 0 atom stereocenters. The number of halogens is 3. The quantitative estimate of drug-likeness (QED) is 0.0861. The van der Waals surface area contributed by atoms with Gasteiger partial charge in [0.1, 0.15) is 5.60 Å². The van der Waals surface area contributed by atoms with E-state index in [4.69, 9.17) is 9.72 Å². The van der Waals surface area contributed by atoms with Gasteiger partial charge in [0.25, 0.3) is 0 Å². The van der Waals surface area contributed by atoms with Gasteiger partial charge in [-0.25, -0.2) is 0 Å². The summed E-state index contributed by atoms with van der Waals surface area (Å²) in [5, 5.41) is 13.9. The first-order chi connectivity index (χ1) is 24.8. The maximum absolute atomic E-state index is 13.5. The molecule has 0 unspecified atom stereocenters. The second-order valence-corrected chi connectivity index (χ2v) is 17.1. The van der Waals surface area contributed by atoms with E-state index in [2.05, 4.69) is 45.9 Å². The molecule has 3 heterocycles. The normalized spacial score (nSPS) is 15.3. The predicted octanol–water partition coefficient (Wildman–Crippen LogP) is 13.5. The summed E-state index contributed by atoms with van der Waals surface area (Å²) in [7, 11) is 0. The first-order valence-corrected chi connectivity index (χ1v) is 19.6. The molecule has 2 aromatic heterocycles. The second-order valence-electron chi connectivity index (χ2n) is 16.0. The number of fused-ring (bicyclic) bond motifs is 6. The molecule has 0 aliphatic carbocycles. The van der Waals surface area contributed by atoms with E-state index < -0.39 is 17.2 Å². The molecule has 293 valence electrons. The van der Waals surface area contributed by atoms with Gasteiger partial charge in [-0.1, -0.05) is 102 Å². The van der Waals surface area contributed by atoms with Gasteiger partial charge < -0.3 is 9.84 Å². The van der Waals surface area contributed by atoms with Crippen LogP contribution in [0.1, 0.15) is 106 Å². The van der Waals surface area contributed by atoms with Crippen molar-refractivity contribution in [3.05, 3.63) is 83.8 Å². The first-order valence-electron chi connectivity index (χ1n) is 18.8. The van der Waals surface area contributed by atoms with Crippen molar-refractivity contribution in [3.8, 4) is 17.0 Å². The van der Waals surface area contributed by atoms with Crippen LogP contribution >= 0.6 is 11.3 Å². The zero-order chi connectivity index (χ0) is 39.1. The maximum Gasteiger partial charge on any atom is 0.394 e. The van der Waals surface area contributed by atoms with Crippen LogP contribution in [0.5, 0.6) is 5.75 Å². The molecule has 0 fully saturated rings. The van der Waals surface area contributed by atoms with Crippen molar-refractivity contribution in [1.82, 2.24) is 4.98 Å². The fourth-order valence-electron chi connectivity index (χ4n) is 7.25. The van der Waals surface area contributed by atoms with E-state index in [9.17, 15) is 23.1 Å². The Bertz CT molecular complexity index is 2160. The van der Waals surface area contributed by atoms with Gasteiger partial charge in [0, 0.05) is 64.7 Å². The molecule has 1 radical (unpaired) electrons. The third kappa shape index (κ3) is 8.15. The van der Waals surface area contributed by atoms with E-state index >= 15 is 0 Å². The SMILES string of the molecule is CC(C)(Cc1ccc2c(c1)sc1c(-c3[c-]c4ccccc4c4c3OC(C)(C)C4(C)C)nccc12)C(F)(F)F.CCC(CC)C(=O)/C=C(\O)C(CC)CC.[Ir]. The number of aromatic nitrogens is 1. The van der Waals surface area contributed by atoms with Crippen LogP contribution < -0.4 is 4.74 Å². The van der Waals surface area contributed by atoms with E-state index in [1.165, 1.54) is 19.9 Å². The van der Waals surface area contributed by atoms with Crippen LogP contribution in [-0.4, -0.2) is 27.7 Å². The van der Waals surface area contributed by atoms with Crippen molar-refractivity contribution < 1.29 is 47.9 Å². The van der Waals surface area contributed by atoms with Gasteiger partial charge in [0.05, 0.1) is 16.9 Å². The Balaban J connectivity index is 0.000000347. The number of rotatable bonds is 10. The number of ketones is 1. The van der Waals surface area contributed by atoms with Crippen molar-refractivity contribution in [2.45, 2.75) is 119 Å². The largest absolute Gasteiger partial charge is 0.521 e. The fourth-order valence-corrected chi connectivity index (χ4v) is 8.50. The molecule has 1 N–H and O–H groups in total. The summed E-state index contributed by atoms with van der Waals surface area (Å²) in [5.41, 5.74) is 0.955. The zero-order valence-electron chi connectivity index (χ0n) is 33.1. The molecule has 4 nitrogen and oxygen atoms in total. The number of alkyl halides is 3. The van der Waals surface area contributed by atoms with E-state index in [0.717, 1.165) is 79.2 Å². The summed E-state index contributed by atoms with van der Waals surface area (Å²) in [5.74, 6) is 1.36.